The summed E-state index contributed by atoms with van der Waals surface area (Å²) >= 11 is 0. The first kappa shape index (κ1) is 24.3. The zero-order valence-corrected chi connectivity index (χ0v) is 18.9. The van der Waals surface area contributed by atoms with Crippen LogP contribution in [0.5, 0.6) is 0 Å². The van der Waals surface area contributed by atoms with Crippen LogP contribution in [0.15, 0.2) is 30.3 Å². The number of nitrogens with zero attached hydrogens (tertiary/aromatic N) is 4. The molecule has 7 heteroatoms. The second kappa shape index (κ2) is 13.4. The maximum Gasteiger partial charge on any atom is 0.236 e. The molecule has 168 valence electrons. The summed E-state index contributed by atoms with van der Waals surface area (Å²) in [5.74, 6) is 0.201. The number of amides is 2. The van der Waals surface area contributed by atoms with E-state index in [1.165, 1.54) is 5.56 Å². The van der Waals surface area contributed by atoms with Crippen molar-refractivity contribution in [2.24, 2.45) is 0 Å². The van der Waals surface area contributed by atoms with E-state index in [0.29, 0.717) is 52.5 Å². The monoisotopic (exact) mass is 418 g/mol. The largest absolute Gasteiger partial charge is 0.379 e. The molecular weight excluding hydrogens is 380 g/mol. The molecule has 7 nitrogen and oxygen atoms in total. The fourth-order valence-corrected chi connectivity index (χ4v) is 3.65. The van der Waals surface area contributed by atoms with Gasteiger partial charge in [0.05, 0.1) is 19.8 Å². The lowest BCUT2D eigenvalue weighted by Crippen LogP contribution is -2.52. The molecule has 0 atom stereocenters. The smallest absolute Gasteiger partial charge is 0.236 e. The van der Waals surface area contributed by atoms with Crippen molar-refractivity contribution < 1.29 is 14.3 Å². The summed E-state index contributed by atoms with van der Waals surface area (Å²) in [6.45, 7) is 14.5. The molecular formula is C23H38N4O3. The average molecular weight is 419 g/mol. The van der Waals surface area contributed by atoms with Crippen molar-refractivity contribution in [3.05, 3.63) is 35.9 Å². The molecule has 1 fully saturated rings. The van der Waals surface area contributed by atoms with Crippen LogP contribution < -0.4 is 0 Å². The highest BCUT2D eigenvalue weighted by atomic mass is 16.5. The van der Waals surface area contributed by atoms with Gasteiger partial charge in [0.15, 0.2) is 0 Å². The fraction of sp³-hybridized carbons (Fsp3) is 0.652. The van der Waals surface area contributed by atoms with Gasteiger partial charge in [-0.25, -0.2) is 0 Å². The molecule has 2 amide bonds. The molecule has 0 unspecified atom stereocenters. The Balaban J connectivity index is 1.83. The van der Waals surface area contributed by atoms with Crippen molar-refractivity contribution >= 4 is 11.8 Å². The summed E-state index contributed by atoms with van der Waals surface area (Å²) in [6, 6.07) is 10.2. The molecule has 30 heavy (non-hydrogen) atoms. The number of benzene rings is 1. The van der Waals surface area contributed by atoms with Crippen LogP contribution in [-0.2, 0) is 20.9 Å². The topological polar surface area (TPSA) is 56.3 Å². The minimum atomic E-state index is 0.0784. The van der Waals surface area contributed by atoms with E-state index < -0.39 is 0 Å². The van der Waals surface area contributed by atoms with Crippen LogP contribution in [0.1, 0.15) is 26.3 Å². The van der Waals surface area contributed by atoms with E-state index in [4.69, 9.17) is 4.74 Å². The molecule has 0 radical (unpaired) electrons. The average Bonchev–Trinajstić information content (AvgIpc) is 2.77. The quantitative estimate of drug-likeness (QED) is 0.482. The fourth-order valence-electron chi connectivity index (χ4n) is 3.65. The standard InChI is InChI=1S/C23H38N4O3/c1-4-24(5-2)15-17-30-18-16-25(19-22-9-7-6-8-10-22)20-23(29)27-13-11-26(12-14-27)21(3)28/h6-10H,4-5,11-20H2,1-3H3. The van der Waals surface area contributed by atoms with Crippen molar-refractivity contribution in [1.82, 2.24) is 19.6 Å². The number of carbonyl (C=O) groups is 2. The van der Waals surface area contributed by atoms with E-state index in [-0.39, 0.29) is 11.8 Å². The van der Waals surface area contributed by atoms with E-state index >= 15 is 0 Å². The first-order valence-corrected chi connectivity index (χ1v) is 11.1. The van der Waals surface area contributed by atoms with Gasteiger partial charge in [-0.2, -0.15) is 0 Å². The second-order valence-corrected chi connectivity index (χ2v) is 7.72. The highest BCUT2D eigenvalue weighted by molar-refractivity contribution is 5.79. The molecule has 1 heterocycles. The van der Waals surface area contributed by atoms with Crippen LogP contribution >= 0.6 is 0 Å². The minimum Gasteiger partial charge on any atom is -0.379 e. The number of hydrogen-bond donors (Lipinski definition) is 0. The van der Waals surface area contributed by atoms with Crippen LogP contribution in [-0.4, -0.2) is 104 Å². The number of carbonyl (C=O) groups excluding carboxylic acids is 2. The number of rotatable bonds is 12. The molecule has 0 spiro atoms. The Labute approximate surface area is 181 Å². The SMILES string of the molecule is CCN(CC)CCOCCN(CC(=O)N1CCN(C(C)=O)CC1)Cc1ccccc1. The van der Waals surface area contributed by atoms with Crippen LogP contribution in [0.3, 0.4) is 0 Å². The molecule has 1 aliphatic heterocycles. The summed E-state index contributed by atoms with van der Waals surface area (Å²) in [4.78, 5) is 32.5. The van der Waals surface area contributed by atoms with Gasteiger partial charge in [0.2, 0.25) is 11.8 Å². The predicted octanol–water partition coefficient (Wildman–Crippen LogP) is 1.54. The third-order valence-corrected chi connectivity index (χ3v) is 5.68. The van der Waals surface area contributed by atoms with E-state index in [0.717, 1.165) is 26.2 Å². The van der Waals surface area contributed by atoms with Gasteiger partial charge in [-0.05, 0) is 18.7 Å². The molecule has 1 aliphatic rings. The zero-order valence-electron chi connectivity index (χ0n) is 18.9. The number of piperazine rings is 1. The molecule has 0 aromatic heterocycles. The minimum absolute atomic E-state index is 0.0784. The Kier molecular flexibility index (Phi) is 10.8. The molecule has 0 N–H and O–H groups in total. The van der Waals surface area contributed by atoms with E-state index in [9.17, 15) is 9.59 Å². The van der Waals surface area contributed by atoms with Crippen LogP contribution in [0.2, 0.25) is 0 Å². The van der Waals surface area contributed by atoms with Crippen molar-refractivity contribution in [3.63, 3.8) is 0 Å². The number of ether oxygens (including phenoxy) is 1. The molecule has 1 saturated heterocycles. The Morgan fingerprint density at radius 2 is 1.47 bits per heavy atom. The normalized spacial score (nSPS) is 14.6. The van der Waals surface area contributed by atoms with Gasteiger partial charge in [0, 0.05) is 52.7 Å². The Hall–Kier alpha value is -1.96. The maximum atomic E-state index is 12.9. The summed E-state index contributed by atoms with van der Waals surface area (Å²) in [6.07, 6.45) is 0. The molecule has 2 rings (SSSR count). The van der Waals surface area contributed by atoms with Gasteiger partial charge in [0.1, 0.15) is 0 Å². The first-order chi connectivity index (χ1) is 14.5. The molecule has 0 saturated carbocycles. The highest BCUT2D eigenvalue weighted by Crippen LogP contribution is 2.07. The summed E-state index contributed by atoms with van der Waals surface area (Å²) in [7, 11) is 0. The van der Waals surface area contributed by atoms with Gasteiger partial charge in [-0.1, -0.05) is 44.2 Å². The summed E-state index contributed by atoms with van der Waals surface area (Å²) in [5.41, 5.74) is 1.19. The van der Waals surface area contributed by atoms with Gasteiger partial charge in [-0.15, -0.1) is 0 Å². The van der Waals surface area contributed by atoms with Crippen molar-refractivity contribution in [2.45, 2.75) is 27.3 Å². The number of hydrogen-bond acceptors (Lipinski definition) is 5. The van der Waals surface area contributed by atoms with Crippen LogP contribution in [0, 0.1) is 0 Å². The van der Waals surface area contributed by atoms with E-state index in [1.807, 2.05) is 23.1 Å². The summed E-state index contributed by atoms with van der Waals surface area (Å²) in [5, 5.41) is 0. The third kappa shape index (κ3) is 8.42. The first-order valence-electron chi connectivity index (χ1n) is 11.1. The highest BCUT2D eigenvalue weighted by Gasteiger charge is 2.23. The second-order valence-electron chi connectivity index (χ2n) is 7.72. The molecule has 0 aliphatic carbocycles. The van der Waals surface area contributed by atoms with Gasteiger partial charge < -0.3 is 19.4 Å². The number of likely N-dealkylation sites (N-methyl/N-ethyl adjacent to an activating group) is 1. The summed E-state index contributed by atoms with van der Waals surface area (Å²) < 4.78 is 5.85. The van der Waals surface area contributed by atoms with Gasteiger partial charge in [-0.3, -0.25) is 14.5 Å². The van der Waals surface area contributed by atoms with E-state index in [2.05, 4.69) is 35.8 Å². The van der Waals surface area contributed by atoms with Crippen molar-refractivity contribution in [3.8, 4) is 0 Å². The third-order valence-electron chi connectivity index (χ3n) is 5.68. The Bertz CT molecular complexity index is 629. The molecule has 1 aromatic rings. The lowest BCUT2D eigenvalue weighted by molar-refractivity contribution is -0.139. The predicted molar refractivity (Wildman–Crippen MR) is 119 cm³/mol. The van der Waals surface area contributed by atoms with Crippen LogP contribution in [0.4, 0.5) is 0 Å². The van der Waals surface area contributed by atoms with Gasteiger partial charge in [0.25, 0.3) is 0 Å². The van der Waals surface area contributed by atoms with Gasteiger partial charge >= 0.3 is 0 Å². The van der Waals surface area contributed by atoms with Crippen molar-refractivity contribution in [2.75, 3.05) is 72.1 Å². The zero-order chi connectivity index (χ0) is 21.8. The Morgan fingerprint density at radius 1 is 0.900 bits per heavy atom. The lowest BCUT2D eigenvalue weighted by Gasteiger charge is -2.35. The van der Waals surface area contributed by atoms with E-state index in [1.54, 1.807) is 11.8 Å². The maximum absolute atomic E-state index is 12.9. The van der Waals surface area contributed by atoms with Crippen LogP contribution in [0.25, 0.3) is 0 Å². The molecule has 1 aromatic carbocycles. The lowest BCUT2D eigenvalue weighted by atomic mass is 10.2. The molecule has 0 bridgehead atoms. The Morgan fingerprint density at radius 3 is 2.03 bits per heavy atom. The van der Waals surface area contributed by atoms with Crippen molar-refractivity contribution in [1.29, 1.82) is 0 Å².